The summed E-state index contributed by atoms with van der Waals surface area (Å²) in [5.41, 5.74) is 3.84. The topological polar surface area (TPSA) is 36.3 Å². The third kappa shape index (κ3) is 4.41. The first-order valence-electron chi connectivity index (χ1n) is 9.24. The molecule has 25 heavy (non-hydrogen) atoms. The van der Waals surface area contributed by atoms with E-state index in [-0.39, 0.29) is 0 Å². The van der Waals surface area contributed by atoms with Crippen LogP contribution in [-0.4, -0.2) is 47.9 Å². The third-order valence-electron chi connectivity index (χ3n) is 5.06. The van der Waals surface area contributed by atoms with Gasteiger partial charge in [-0.2, -0.15) is 5.10 Å². The van der Waals surface area contributed by atoms with Crippen LogP contribution in [0.15, 0.2) is 30.3 Å². The Hall–Kier alpha value is -1.85. The van der Waals surface area contributed by atoms with Crippen molar-refractivity contribution in [3.8, 4) is 0 Å². The van der Waals surface area contributed by atoms with Crippen molar-refractivity contribution in [1.29, 1.82) is 0 Å². The molecule has 0 bridgehead atoms. The van der Waals surface area contributed by atoms with Crippen LogP contribution in [-0.2, 0) is 20.1 Å². The van der Waals surface area contributed by atoms with Gasteiger partial charge in [-0.1, -0.05) is 30.3 Å². The summed E-state index contributed by atoms with van der Waals surface area (Å²) in [4.78, 5) is 4.72. The van der Waals surface area contributed by atoms with Crippen LogP contribution in [0.5, 0.6) is 0 Å². The van der Waals surface area contributed by atoms with E-state index in [2.05, 4.69) is 71.6 Å². The Bertz CT molecular complexity index is 677. The van der Waals surface area contributed by atoms with Crippen molar-refractivity contribution >= 4 is 5.82 Å². The number of aromatic nitrogens is 2. The van der Waals surface area contributed by atoms with Crippen LogP contribution in [0.1, 0.15) is 29.7 Å². The summed E-state index contributed by atoms with van der Waals surface area (Å²) in [6.07, 6.45) is 2.51. The van der Waals surface area contributed by atoms with Gasteiger partial charge >= 0.3 is 0 Å². The normalized spacial score (nSPS) is 18.5. The number of rotatable bonds is 6. The fourth-order valence-corrected chi connectivity index (χ4v) is 3.91. The smallest absolute Gasteiger partial charge is 0.130 e. The fraction of sp³-hybridized carbons (Fsp3) is 0.550. The number of piperidine rings is 1. The maximum Gasteiger partial charge on any atom is 0.130 e. The minimum atomic E-state index is 0.548. The number of likely N-dealkylation sites (tertiary alicyclic amines) is 1. The summed E-state index contributed by atoms with van der Waals surface area (Å²) in [5.74, 6) is 1.20. The highest BCUT2D eigenvalue weighted by Gasteiger charge is 2.21. The van der Waals surface area contributed by atoms with Gasteiger partial charge in [-0.3, -0.25) is 9.58 Å². The number of nitrogens with one attached hydrogen (secondary N) is 1. The maximum absolute atomic E-state index is 4.59. The van der Waals surface area contributed by atoms with Crippen LogP contribution in [0.25, 0.3) is 0 Å². The van der Waals surface area contributed by atoms with Crippen LogP contribution in [0, 0.1) is 6.92 Å². The summed E-state index contributed by atoms with van der Waals surface area (Å²) in [6.45, 7) is 6.35. The molecule has 0 amide bonds. The first-order chi connectivity index (χ1) is 12.0. The second kappa shape index (κ2) is 8.02. The van der Waals surface area contributed by atoms with Gasteiger partial charge < -0.3 is 10.2 Å². The molecule has 0 unspecified atom stereocenters. The zero-order valence-electron chi connectivity index (χ0n) is 16.0. The van der Waals surface area contributed by atoms with Gasteiger partial charge in [0.25, 0.3) is 0 Å². The number of hydrogen-bond donors (Lipinski definition) is 1. The number of anilines is 1. The lowest BCUT2D eigenvalue weighted by Crippen LogP contribution is -2.45. The highest BCUT2D eigenvalue weighted by molar-refractivity contribution is 5.48. The molecular formula is C20H31N5. The van der Waals surface area contributed by atoms with Gasteiger partial charge in [-0.25, -0.2) is 0 Å². The number of benzene rings is 1. The van der Waals surface area contributed by atoms with Crippen LogP contribution in [0.4, 0.5) is 5.82 Å². The number of aryl methyl sites for hydroxylation is 2. The van der Waals surface area contributed by atoms with Crippen LogP contribution >= 0.6 is 0 Å². The lowest BCUT2D eigenvalue weighted by Gasteiger charge is -2.33. The van der Waals surface area contributed by atoms with Crippen molar-refractivity contribution in [1.82, 2.24) is 20.0 Å². The second-order valence-electron chi connectivity index (χ2n) is 7.35. The molecule has 1 aliphatic rings. The van der Waals surface area contributed by atoms with Crippen molar-refractivity contribution in [2.24, 2.45) is 7.05 Å². The minimum absolute atomic E-state index is 0.548. The first kappa shape index (κ1) is 18.0. The lowest BCUT2D eigenvalue weighted by molar-refractivity contribution is 0.182. The SMILES string of the molecule is Cc1nn(C)c(N(C)C)c1CN[C@H]1CCCN(Cc2ccccc2)C1. The molecule has 0 saturated carbocycles. The highest BCUT2D eigenvalue weighted by Crippen LogP contribution is 2.22. The third-order valence-corrected chi connectivity index (χ3v) is 5.06. The molecule has 0 aliphatic carbocycles. The van der Waals surface area contributed by atoms with Crippen LogP contribution in [0.3, 0.4) is 0 Å². The molecule has 3 rings (SSSR count). The van der Waals surface area contributed by atoms with Gasteiger partial charge in [0.2, 0.25) is 0 Å². The van der Waals surface area contributed by atoms with E-state index in [1.54, 1.807) is 0 Å². The van der Waals surface area contributed by atoms with E-state index in [9.17, 15) is 0 Å². The minimum Gasteiger partial charge on any atom is -0.363 e. The molecule has 5 heteroatoms. The molecular weight excluding hydrogens is 310 g/mol. The Balaban J connectivity index is 1.58. The van der Waals surface area contributed by atoms with Crippen molar-refractivity contribution in [2.45, 2.75) is 38.9 Å². The molecule has 0 spiro atoms. The summed E-state index contributed by atoms with van der Waals surface area (Å²) < 4.78 is 1.98. The van der Waals surface area contributed by atoms with Crippen molar-refractivity contribution < 1.29 is 0 Å². The van der Waals surface area contributed by atoms with Gasteiger partial charge in [0.1, 0.15) is 5.82 Å². The zero-order chi connectivity index (χ0) is 17.8. The Morgan fingerprint density at radius 3 is 2.72 bits per heavy atom. The lowest BCUT2D eigenvalue weighted by atomic mass is 10.0. The summed E-state index contributed by atoms with van der Waals surface area (Å²) in [6, 6.07) is 11.3. The Kier molecular flexibility index (Phi) is 5.76. The molecule has 1 atom stereocenters. The largest absolute Gasteiger partial charge is 0.363 e. The monoisotopic (exact) mass is 341 g/mol. The van der Waals surface area contributed by atoms with Gasteiger partial charge in [-0.15, -0.1) is 0 Å². The molecule has 1 aromatic heterocycles. The van der Waals surface area contributed by atoms with E-state index < -0.39 is 0 Å². The van der Waals surface area contributed by atoms with E-state index in [0.29, 0.717) is 6.04 Å². The molecule has 136 valence electrons. The molecule has 2 heterocycles. The van der Waals surface area contributed by atoms with E-state index in [1.807, 2.05) is 11.7 Å². The van der Waals surface area contributed by atoms with Crippen molar-refractivity contribution in [2.75, 3.05) is 32.1 Å². The number of hydrogen-bond acceptors (Lipinski definition) is 4. The van der Waals surface area contributed by atoms with Crippen LogP contribution < -0.4 is 10.2 Å². The molecule has 2 aromatic rings. The van der Waals surface area contributed by atoms with Crippen molar-refractivity contribution in [3.63, 3.8) is 0 Å². The predicted molar refractivity (Wildman–Crippen MR) is 104 cm³/mol. The predicted octanol–water partition coefficient (Wildman–Crippen LogP) is 2.55. The average Bonchev–Trinajstić information content (AvgIpc) is 2.88. The molecule has 5 nitrogen and oxygen atoms in total. The highest BCUT2D eigenvalue weighted by atomic mass is 15.4. The van der Waals surface area contributed by atoms with Gasteiger partial charge in [0.15, 0.2) is 0 Å². The fourth-order valence-electron chi connectivity index (χ4n) is 3.91. The average molecular weight is 342 g/mol. The van der Waals surface area contributed by atoms with Crippen LogP contribution in [0.2, 0.25) is 0 Å². The van der Waals surface area contributed by atoms with E-state index >= 15 is 0 Å². The molecule has 1 N–H and O–H groups in total. The Morgan fingerprint density at radius 2 is 2.00 bits per heavy atom. The van der Waals surface area contributed by atoms with E-state index in [0.717, 1.165) is 25.3 Å². The zero-order valence-corrected chi connectivity index (χ0v) is 16.0. The molecule has 1 aromatic carbocycles. The Morgan fingerprint density at radius 1 is 1.24 bits per heavy atom. The molecule has 1 aliphatic heterocycles. The van der Waals surface area contributed by atoms with Crippen molar-refractivity contribution in [3.05, 3.63) is 47.2 Å². The summed E-state index contributed by atoms with van der Waals surface area (Å²) >= 11 is 0. The summed E-state index contributed by atoms with van der Waals surface area (Å²) in [5, 5.41) is 8.37. The molecule has 0 radical (unpaired) electrons. The quantitative estimate of drug-likeness (QED) is 0.876. The number of nitrogens with zero attached hydrogens (tertiary/aromatic N) is 4. The van der Waals surface area contributed by atoms with Gasteiger partial charge in [0.05, 0.1) is 5.69 Å². The maximum atomic E-state index is 4.59. The van der Waals surface area contributed by atoms with E-state index in [1.165, 1.54) is 36.3 Å². The van der Waals surface area contributed by atoms with Gasteiger partial charge in [0, 0.05) is 52.4 Å². The Labute approximate surface area is 151 Å². The first-order valence-corrected chi connectivity index (χ1v) is 9.24. The molecule has 1 fully saturated rings. The molecule has 1 saturated heterocycles. The van der Waals surface area contributed by atoms with Gasteiger partial charge in [-0.05, 0) is 31.9 Å². The summed E-state index contributed by atoms with van der Waals surface area (Å²) in [7, 11) is 6.19. The van der Waals surface area contributed by atoms with E-state index in [4.69, 9.17) is 0 Å². The second-order valence-corrected chi connectivity index (χ2v) is 7.35. The standard InChI is InChI=1S/C20H31N5/c1-16-19(20(23(2)3)24(4)22-16)13-21-18-11-8-12-25(15-18)14-17-9-6-5-7-10-17/h5-7,9-10,18,21H,8,11-15H2,1-4H3/t18-/m0/s1.